The Labute approximate surface area is 135 Å². The van der Waals surface area contributed by atoms with Gasteiger partial charge < -0.3 is 4.42 Å². The Morgan fingerprint density at radius 2 is 2.04 bits per heavy atom. The second kappa shape index (κ2) is 5.73. The van der Waals surface area contributed by atoms with E-state index in [-0.39, 0.29) is 16.8 Å². The Morgan fingerprint density at radius 1 is 1.30 bits per heavy atom. The first-order chi connectivity index (χ1) is 11.0. The number of nitrogens with zero attached hydrogens (tertiary/aromatic N) is 2. The van der Waals surface area contributed by atoms with Gasteiger partial charge in [0.15, 0.2) is 5.17 Å². The summed E-state index contributed by atoms with van der Waals surface area (Å²) in [5.41, 5.74) is 0.325. The molecule has 1 aliphatic rings. The summed E-state index contributed by atoms with van der Waals surface area (Å²) < 4.78 is 5.61. The fourth-order valence-electron chi connectivity index (χ4n) is 2.11. The Morgan fingerprint density at radius 3 is 2.70 bits per heavy atom. The lowest BCUT2D eigenvalue weighted by Gasteiger charge is -2.03. The molecule has 8 heteroatoms. The number of benzene rings is 1. The van der Waals surface area contributed by atoms with Crippen LogP contribution in [0.4, 0.5) is 5.69 Å². The summed E-state index contributed by atoms with van der Waals surface area (Å²) in [4.78, 5) is 24.1. The SMILES string of the molecule is CN1C(=N)S/C(=C/c2ccc(-c3ccccc3[N+](=O)[O-])o2)C1=O. The molecule has 1 saturated heterocycles. The van der Waals surface area contributed by atoms with Crippen molar-refractivity contribution in [2.24, 2.45) is 0 Å². The number of amides is 1. The maximum atomic E-state index is 11.9. The fraction of sp³-hybridized carbons (Fsp3) is 0.0667. The average Bonchev–Trinajstić information content (AvgIpc) is 3.09. The molecule has 0 unspecified atom stereocenters. The third kappa shape index (κ3) is 2.76. The van der Waals surface area contributed by atoms with Crippen molar-refractivity contribution in [1.29, 1.82) is 5.41 Å². The van der Waals surface area contributed by atoms with E-state index >= 15 is 0 Å². The molecule has 1 fully saturated rings. The number of nitro benzene ring substituents is 1. The van der Waals surface area contributed by atoms with Crippen molar-refractivity contribution in [3.63, 3.8) is 0 Å². The second-order valence-corrected chi connectivity index (χ2v) is 5.79. The van der Waals surface area contributed by atoms with E-state index in [0.29, 0.717) is 22.0 Å². The second-order valence-electron chi connectivity index (χ2n) is 4.76. The number of rotatable bonds is 3. The van der Waals surface area contributed by atoms with Gasteiger partial charge in [-0.2, -0.15) is 0 Å². The quantitative estimate of drug-likeness (QED) is 0.529. The first-order valence-electron chi connectivity index (χ1n) is 6.57. The number of hydrogen-bond donors (Lipinski definition) is 1. The smallest absolute Gasteiger partial charge is 0.280 e. The Hall–Kier alpha value is -2.87. The van der Waals surface area contributed by atoms with E-state index in [1.54, 1.807) is 30.3 Å². The van der Waals surface area contributed by atoms with E-state index in [0.717, 1.165) is 11.8 Å². The van der Waals surface area contributed by atoms with Crippen molar-refractivity contribution in [3.05, 3.63) is 57.2 Å². The van der Waals surface area contributed by atoms with Crippen LogP contribution in [0.3, 0.4) is 0 Å². The first-order valence-corrected chi connectivity index (χ1v) is 7.39. The molecule has 23 heavy (non-hydrogen) atoms. The van der Waals surface area contributed by atoms with Gasteiger partial charge in [0.25, 0.3) is 11.6 Å². The molecule has 0 aliphatic carbocycles. The van der Waals surface area contributed by atoms with Crippen LogP contribution in [-0.4, -0.2) is 27.9 Å². The number of furan rings is 1. The van der Waals surface area contributed by atoms with Crippen molar-refractivity contribution < 1.29 is 14.1 Å². The highest BCUT2D eigenvalue weighted by atomic mass is 32.2. The lowest BCUT2D eigenvalue weighted by Crippen LogP contribution is -2.22. The number of thioether (sulfide) groups is 1. The monoisotopic (exact) mass is 329 g/mol. The van der Waals surface area contributed by atoms with Gasteiger partial charge in [0, 0.05) is 19.2 Å². The van der Waals surface area contributed by atoms with Crippen molar-refractivity contribution >= 4 is 34.6 Å². The van der Waals surface area contributed by atoms with E-state index in [2.05, 4.69) is 0 Å². The van der Waals surface area contributed by atoms with Crippen LogP contribution >= 0.6 is 11.8 Å². The van der Waals surface area contributed by atoms with Crippen LogP contribution in [-0.2, 0) is 4.79 Å². The lowest BCUT2D eigenvalue weighted by molar-refractivity contribution is -0.384. The number of nitro groups is 1. The molecule has 0 saturated carbocycles. The molecule has 1 aromatic carbocycles. The fourth-order valence-corrected chi connectivity index (χ4v) is 2.94. The lowest BCUT2D eigenvalue weighted by atomic mass is 10.1. The maximum absolute atomic E-state index is 11.9. The predicted molar refractivity (Wildman–Crippen MR) is 86.9 cm³/mol. The van der Waals surface area contributed by atoms with Crippen molar-refractivity contribution in [2.75, 3.05) is 7.05 Å². The highest BCUT2D eigenvalue weighted by molar-refractivity contribution is 8.18. The molecule has 0 spiro atoms. The molecule has 2 aromatic rings. The molecule has 1 aliphatic heterocycles. The number of para-hydroxylation sites is 1. The minimum absolute atomic E-state index is 0.0473. The molecule has 1 amide bonds. The van der Waals surface area contributed by atoms with Gasteiger partial charge in [-0.25, -0.2) is 0 Å². The third-order valence-corrected chi connectivity index (χ3v) is 4.27. The summed E-state index contributed by atoms with van der Waals surface area (Å²) in [5, 5.41) is 18.8. The van der Waals surface area contributed by atoms with Gasteiger partial charge >= 0.3 is 0 Å². The third-order valence-electron chi connectivity index (χ3n) is 3.29. The molecule has 0 atom stereocenters. The average molecular weight is 329 g/mol. The van der Waals surface area contributed by atoms with Crippen molar-refractivity contribution in [1.82, 2.24) is 4.90 Å². The van der Waals surface area contributed by atoms with E-state index in [4.69, 9.17) is 9.83 Å². The summed E-state index contributed by atoms with van der Waals surface area (Å²) in [6, 6.07) is 9.54. The highest BCUT2D eigenvalue weighted by Gasteiger charge is 2.29. The van der Waals surface area contributed by atoms with Crippen LogP contribution in [0.15, 0.2) is 45.7 Å². The highest BCUT2D eigenvalue weighted by Crippen LogP contribution is 2.34. The standard InChI is InChI=1S/C15H11N3O4S/c1-17-14(19)13(23-15(17)16)8-9-6-7-12(22-9)10-4-2-3-5-11(10)18(20)21/h2-8,16H,1H3/b13-8+,16-15?. The molecule has 7 nitrogen and oxygen atoms in total. The Bertz CT molecular complexity index is 856. The number of amidine groups is 1. The maximum Gasteiger partial charge on any atom is 0.280 e. The molecule has 2 heterocycles. The van der Waals surface area contributed by atoms with Crippen LogP contribution in [0.5, 0.6) is 0 Å². The molecule has 1 N–H and O–H groups in total. The zero-order valence-electron chi connectivity index (χ0n) is 12.0. The molecule has 0 bridgehead atoms. The van der Waals surface area contributed by atoms with E-state index < -0.39 is 4.92 Å². The van der Waals surface area contributed by atoms with Gasteiger partial charge in [-0.3, -0.25) is 25.2 Å². The first kappa shape index (κ1) is 15.0. The molecule has 3 rings (SSSR count). The number of hydrogen-bond acceptors (Lipinski definition) is 6. The largest absolute Gasteiger partial charge is 0.456 e. The summed E-state index contributed by atoms with van der Waals surface area (Å²) in [7, 11) is 1.53. The predicted octanol–water partition coefficient (Wildman–Crippen LogP) is 3.34. The normalized spacial score (nSPS) is 16.4. The van der Waals surface area contributed by atoms with E-state index in [1.807, 2.05) is 0 Å². The van der Waals surface area contributed by atoms with Crippen molar-refractivity contribution in [3.8, 4) is 11.3 Å². The topological polar surface area (TPSA) is 100 Å². The Kier molecular flexibility index (Phi) is 3.75. The van der Waals surface area contributed by atoms with Crippen molar-refractivity contribution in [2.45, 2.75) is 0 Å². The number of carbonyl (C=O) groups excluding carboxylic acids is 1. The van der Waals surface area contributed by atoms with E-state index in [9.17, 15) is 14.9 Å². The molecule has 116 valence electrons. The molecule has 1 aromatic heterocycles. The van der Waals surface area contributed by atoms with E-state index in [1.165, 1.54) is 24.1 Å². The van der Waals surface area contributed by atoms with Gasteiger partial charge in [0.05, 0.1) is 15.4 Å². The zero-order valence-corrected chi connectivity index (χ0v) is 12.8. The molecule has 0 radical (unpaired) electrons. The summed E-state index contributed by atoms with van der Waals surface area (Å²) in [5.74, 6) is 0.476. The Balaban J connectivity index is 1.95. The van der Waals surface area contributed by atoms with Crippen LogP contribution < -0.4 is 0 Å². The summed E-state index contributed by atoms with van der Waals surface area (Å²) in [6.45, 7) is 0. The van der Waals surface area contributed by atoms with Gasteiger partial charge in [0.2, 0.25) is 0 Å². The van der Waals surface area contributed by atoms with Crippen LogP contribution in [0.25, 0.3) is 17.4 Å². The molecular formula is C15H11N3O4S. The van der Waals surface area contributed by atoms with Gasteiger partial charge in [-0.05, 0) is 30.0 Å². The minimum Gasteiger partial charge on any atom is -0.456 e. The number of nitrogens with one attached hydrogen (secondary N) is 1. The van der Waals surface area contributed by atoms with Crippen LogP contribution in [0.1, 0.15) is 5.76 Å². The zero-order chi connectivity index (χ0) is 16.6. The summed E-state index contributed by atoms with van der Waals surface area (Å²) in [6.07, 6.45) is 1.53. The molecular weight excluding hydrogens is 318 g/mol. The van der Waals surface area contributed by atoms with Crippen LogP contribution in [0, 0.1) is 15.5 Å². The van der Waals surface area contributed by atoms with Crippen LogP contribution in [0.2, 0.25) is 0 Å². The number of likely N-dealkylation sites (N-methyl/N-ethyl adjacent to an activating group) is 1. The van der Waals surface area contributed by atoms with Gasteiger partial charge in [0.1, 0.15) is 11.5 Å². The number of carbonyl (C=O) groups is 1. The summed E-state index contributed by atoms with van der Waals surface area (Å²) >= 11 is 1.04. The van der Waals surface area contributed by atoms with Gasteiger partial charge in [-0.1, -0.05) is 12.1 Å². The van der Waals surface area contributed by atoms with Gasteiger partial charge in [-0.15, -0.1) is 0 Å². The minimum atomic E-state index is -0.470.